The molecule has 2 aliphatic rings. The Morgan fingerprint density at radius 2 is 1.31 bits per heavy atom. The highest BCUT2D eigenvalue weighted by Gasteiger charge is 2.44. The van der Waals surface area contributed by atoms with E-state index >= 15 is 0 Å². The number of aliphatic hydroxyl groups is 6. The maximum atomic E-state index is 10.8. The standard InChI is InChI=1S/C19H34O10/c1-9-15(23)19(27)18(26)12(28-9)5-3-2-4-11-16(24)10(6-7-14(21)22)17(25)13(8-20)29-11/h9-13,15-20,23-27H,2-8H2,1H3,(H,21,22)/t9-,10+,11?,12?,13+,15+,16+,17+,18+,19+/m0/s1. The number of rotatable bonds is 9. The molecule has 2 saturated heterocycles. The van der Waals surface area contributed by atoms with Crippen molar-refractivity contribution in [1.82, 2.24) is 0 Å². The molecule has 29 heavy (non-hydrogen) atoms. The zero-order chi connectivity index (χ0) is 21.7. The first-order chi connectivity index (χ1) is 13.7. The zero-order valence-corrected chi connectivity index (χ0v) is 16.6. The SMILES string of the molecule is C[C@@H]1OC(CCCCC2O[C@H](CO)[C@H](O)[C@H](CCC(=O)O)[C@H]2O)[C@@H](O)[C@H](O)[C@@H]1O. The number of carbonyl (C=O) groups is 1. The second kappa shape index (κ2) is 11.0. The van der Waals surface area contributed by atoms with Crippen LogP contribution in [0.15, 0.2) is 0 Å². The molecule has 7 N–H and O–H groups in total. The van der Waals surface area contributed by atoms with Crippen molar-refractivity contribution in [3.8, 4) is 0 Å². The van der Waals surface area contributed by atoms with E-state index in [0.717, 1.165) is 0 Å². The van der Waals surface area contributed by atoms with Crippen LogP contribution in [0.3, 0.4) is 0 Å². The lowest BCUT2D eigenvalue weighted by Crippen LogP contribution is -2.56. The summed E-state index contributed by atoms with van der Waals surface area (Å²) in [7, 11) is 0. The minimum atomic E-state index is -1.27. The average molecular weight is 422 g/mol. The van der Waals surface area contributed by atoms with Gasteiger partial charge in [0, 0.05) is 12.3 Å². The van der Waals surface area contributed by atoms with Gasteiger partial charge in [-0.2, -0.15) is 0 Å². The summed E-state index contributed by atoms with van der Waals surface area (Å²) in [6.07, 6.45) is -6.65. The number of carboxylic acid groups (broad SMARTS) is 1. The Kier molecular flexibility index (Phi) is 9.23. The maximum absolute atomic E-state index is 10.8. The molecule has 170 valence electrons. The number of hydrogen-bond acceptors (Lipinski definition) is 9. The van der Waals surface area contributed by atoms with E-state index < -0.39 is 73.4 Å². The lowest BCUT2D eigenvalue weighted by atomic mass is 9.81. The topological polar surface area (TPSA) is 177 Å². The van der Waals surface area contributed by atoms with Crippen molar-refractivity contribution in [2.24, 2.45) is 5.92 Å². The van der Waals surface area contributed by atoms with Crippen LogP contribution in [0.25, 0.3) is 0 Å². The molecule has 0 radical (unpaired) electrons. The Morgan fingerprint density at radius 3 is 1.86 bits per heavy atom. The number of aliphatic hydroxyl groups excluding tert-OH is 6. The summed E-state index contributed by atoms with van der Waals surface area (Å²) in [5.41, 5.74) is 0. The summed E-state index contributed by atoms with van der Waals surface area (Å²) >= 11 is 0. The van der Waals surface area contributed by atoms with Gasteiger partial charge in [-0.25, -0.2) is 0 Å². The van der Waals surface area contributed by atoms with Gasteiger partial charge in [0.1, 0.15) is 24.4 Å². The molecule has 2 unspecified atom stereocenters. The van der Waals surface area contributed by atoms with Gasteiger partial charge in [-0.3, -0.25) is 4.79 Å². The zero-order valence-electron chi connectivity index (χ0n) is 16.6. The predicted molar refractivity (Wildman–Crippen MR) is 98.9 cm³/mol. The summed E-state index contributed by atoms with van der Waals surface area (Å²) in [5.74, 6) is -1.73. The van der Waals surface area contributed by atoms with Crippen molar-refractivity contribution in [3.63, 3.8) is 0 Å². The largest absolute Gasteiger partial charge is 0.481 e. The number of aliphatic carboxylic acids is 1. The molecule has 2 fully saturated rings. The molecular weight excluding hydrogens is 388 g/mol. The Bertz CT molecular complexity index is 517. The minimum Gasteiger partial charge on any atom is -0.481 e. The molecule has 0 amide bonds. The second-order valence-electron chi connectivity index (χ2n) is 8.11. The molecule has 10 heteroatoms. The fraction of sp³-hybridized carbons (Fsp3) is 0.947. The van der Waals surface area contributed by atoms with Crippen LogP contribution < -0.4 is 0 Å². The first-order valence-electron chi connectivity index (χ1n) is 10.2. The Morgan fingerprint density at radius 1 is 0.759 bits per heavy atom. The number of ether oxygens (including phenoxy) is 2. The first-order valence-corrected chi connectivity index (χ1v) is 10.2. The predicted octanol–water partition coefficient (Wildman–Crippen LogP) is -1.62. The lowest BCUT2D eigenvalue weighted by molar-refractivity contribution is -0.219. The summed E-state index contributed by atoms with van der Waals surface area (Å²) in [4.78, 5) is 10.8. The monoisotopic (exact) mass is 422 g/mol. The summed E-state index contributed by atoms with van der Waals surface area (Å²) in [6.45, 7) is 1.19. The van der Waals surface area contributed by atoms with E-state index in [4.69, 9.17) is 14.6 Å². The van der Waals surface area contributed by atoms with Gasteiger partial charge >= 0.3 is 5.97 Å². The highest BCUT2D eigenvalue weighted by molar-refractivity contribution is 5.66. The van der Waals surface area contributed by atoms with Gasteiger partial charge in [-0.15, -0.1) is 0 Å². The van der Waals surface area contributed by atoms with Crippen LogP contribution in [-0.4, -0.2) is 103 Å². The number of unbranched alkanes of at least 4 members (excludes halogenated alkanes) is 1. The highest BCUT2D eigenvalue weighted by atomic mass is 16.5. The molecule has 2 heterocycles. The van der Waals surface area contributed by atoms with E-state index in [1.807, 2.05) is 0 Å². The van der Waals surface area contributed by atoms with Crippen molar-refractivity contribution < 1.29 is 50.0 Å². The van der Waals surface area contributed by atoms with Crippen LogP contribution >= 0.6 is 0 Å². The third-order valence-corrected chi connectivity index (χ3v) is 6.04. The van der Waals surface area contributed by atoms with Gasteiger partial charge in [-0.1, -0.05) is 12.8 Å². The summed E-state index contributed by atoms with van der Waals surface area (Å²) in [6, 6.07) is 0. The molecule has 10 atom stereocenters. The fourth-order valence-electron chi connectivity index (χ4n) is 4.23. The smallest absolute Gasteiger partial charge is 0.303 e. The summed E-state index contributed by atoms with van der Waals surface area (Å²) in [5, 5.41) is 68.7. The quantitative estimate of drug-likeness (QED) is 0.214. The molecule has 2 rings (SSSR count). The van der Waals surface area contributed by atoms with Gasteiger partial charge in [0.15, 0.2) is 0 Å². The Hall–Kier alpha value is -0.850. The molecule has 0 spiro atoms. The molecule has 0 aliphatic carbocycles. The van der Waals surface area contributed by atoms with Gasteiger partial charge in [0.25, 0.3) is 0 Å². The highest BCUT2D eigenvalue weighted by Crippen LogP contribution is 2.32. The third kappa shape index (κ3) is 6.08. The van der Waals surface area contributed by atoms with Gasteiger partial charge in [-0.05, 0) is 26.2 Å². The summed E-state index contributed by atoms with van der Waals surface area (Å²) < 4.78 is 11.2. The van der Waals surface area contributed by atoms with E-state index in [-0.39, 0.29) is 12.8 Å². The van der Waals surface area contributed by atoms with Gasteiger partial charge < -0.3 is 45.2 Å². The van der Waals surface area contributed by atoms with Crippen LogP contribution in [-0.2, 0) is 14.3 Å². The molecule has 2 aliphatic heterocycles. The van der Waals surface area contributed by atoms with Crippen molar-refractivity contribution in [1.29, 1.82) is 0 Å². The van der Waals surface area contributed by atoms with Crippen LogP contribution in [0.5, 0.6) is 0 Å². The van der Waals surface area contributed by atoms with Crippen LogP contribution in [0.1, 0.15) is 45.4 Å². The van der Waals surface area contributed by atoms with E-state index in [2.05, 4.69) is 0 Å². The lowest BCUT2D eigenvalue weighted by Gasteiger charge is -2.43. The first kappa shape index (κ1) is 24.4. The fourth-order valence-corrected chi connectivity index (χ4v) is 4.23. The van der Waals surface area contributed by atoms with E-state index in [1.54, 1.807) is 6.92 Å². The van der Waals surface area contributed by atoms with Crippen molar-refractivity contribution in [2.75, 3.05) is 6.61 Å². The van der Waals surface area contributed by atoms with E-state index in [0.29, 0.717) is 25.7 Å². The van der Waals surface area contributed by atoms with E-state index in [9.17, 15) is 35.4 Å². The maximum Gasteiger partial charge on any atom is 0.303 e. The Labute approximate surface area is 169 Å². The van der Waals surface area contributed by atoms with Crippen LogP contribution in [0.2, 0.25) is 0 Å². The minimum absolute atomic E-state index is 0.0776. The molecule has 0 aromatic carbocycles. The molecule has 0 saturated carbocycles. The normalized spacial score (nSPS) is 43.3. The molecule has 0 aromatic rings. The third-order valence-electron chi connectivity index (χ3n) is 6.04. The van der Waals surface area contributed by atoms with Gasteiger partial charge in [0.05, 0.1) is 37.1 Å². The molecule has 10 nitrogen and oxygen atoms in total. The van der Waals surface area contributed by atoms with Crippen molar-refractivity contribution in [2.45, 2.75) is 100 Å². The van der Waals surface area contributed by atoms with Crippen molar-refractivity contribution >= 4 is 5.97 Å². The number of carboxylic acids is 1. The van der Waals surface area contributed by atoms with Crippen LogP contribution in [0, 0.1) is 5.92 Å². The molecule has 0 aromatic heterocycles. The molecule has 0 bridgehead atoms. The average Bonchev–Trinajstić information content (AvgIpc) is 2.68. The van der Waals surface area contributed by atoms with Crippen LogP contribution in [0.4, 0.5) is 0 Å². The number of hydrogen-bond donors (Lipinski definition) is 7. The molecular formula is C19H34O10. The van der Waals surface area contributed by atoms with Gasteiger partial charge in [0.2, 0.25) is 0 Å². The second-order valence-corrected chi connectivity index (χ2v) is 8.11. The van der Waals surface area contributed by atoms with Crippen molar-refractivity contribution in [3.05, 3.63) is 0 Å². The van der Waals surface area contributed by atoms with E-state index in [1.165, 1.54) is 0 Å². The Balaban J connectivity index is 1.84.